The van der Waals surface area contributed by atoms with E-state index in [1.807, 2.05) is 12.4 Å². The quantitative estimate of drug-likeness (QED) is 0.619. The van der Waals surface area contributed by atoms with Gasteiger partial charge in [-0.1, -0.05) is 37.1 Å². The van der Waals surface area contributed by atoms with Gasteiger partial charge >= 0.3 is 0 Å². The van der Waals surface area contributed by atoms with Crippen LogP contribution < -0.4 is 0 Å². The van der Waals surface area contributed by atoms with Crippen LogP contribution in [0.1, 0.15) is 65.0 Å². The summed E-state index contributed by atoms with van der Waals surface area (Å²) < 4.78 is 0. The Balaban J connectivity index is 1.32. The number of hydrogen-bond acceptors (Lipinski definition) is 4. The van der Waals surface area contributed by atoms with E-state index >= 15 is 0 Å². The van der Waals surface area contributed by atoms with Crippen LogP contribution >= 0.6 is 11.3 Å². The topological polar surface area (TPSA) is 36.4 Å². The van der Waals surface area contributed by atoms with E-state index in [0.29, 0.717) is 12.0 Å². The number of amides is 1. The van der Waals surface area contributed by atoms with Crippen molar-refractivity contribution in [2.24, 2.45) is 5.92 Å². The molecule has 1 aromatic heterocycles. The third kappa shape index (κ3) is 5.12. The highest BCUT2D eigenvalue weighted by atomic mass is 32.1. The number of aryl methyl sites for hydroxylation is 2. The monoisotopic (exact) mass is 425 g/mol. The number of carbonyl (C=O) groups excluding carboxylic acids is 1. The van der Waals surface area contributed by atoms with Gasteiger partial charge in [0.25, 0.3) is 5.91 Å². The summed E-state index contributed by atoms with van der Waals surface area (Å²) in [6.07, 6.45) is 8.38. The molecule has 2 aromatic rings. The molecule has 30 heavy (non-hydrogen) atoms. The molecular weight excluding hydrogens is 390 g/mol. The first kappa shape index (κ1) is 21.5. The number of carbonyl (C=O) groups is 1. The molecule has 0 atom stereocenters. The summed E-state index contributed by atoms with van der Waals surface area (Å²) in [5.41, 5.74) is 5.57. The highest BCUT2D eigenvalue weighted by molar-refractivity contribution is 7.11. The fraction of sp³-hybridized carbons (Fsp3) is 0.600. The lowest BCUT2D eigenvalue weighted by molar-refractivity contribution is 0.0602. The SMILES string of the molecule is Cc1ccccc1CCN1CCC(CN(C(=O)c2scnc2C)C2CCCC2)CC1. The number of aromatic nitrogens is 1. The average Bonchev–Trinajstić information content (AvgIpc) is 3.44. The molecule has 1 saturated heterocycles. The van der Waals surface area contributed by atoms with Gasteiger partial charge in [0.2, 0.25) is 0 Å². The molecule has 2 aliphatic rings. The van der Waals surface area contributed by atoms with Crippen LogP contribution in [0.15, 0.2) is 29.8 Å². The van der Waals surface area contributed by atoms with Crippen molar-refractivity contribution >= 4 is 17.2 Å². The van der Waals surface area contributed by atoms with E-state index in [0.717, 1.165) is 43.2 Å². The van der Waals surface area contributed by atoms with Gasteiger partial charge in [-0.15, -0.1) is 11.3 Å². The van der Waals surface area contributed by atoms with E-state index in [9.17, 15) is 4.79 Å². The van der Waals surface area contributed by atoms with Crippen molar-refractivity contribution in [2.75, 3.05) is 26.2 Å². The van der Waals surface area contributed by atoms with Crippen LogP contribution in [0.5, 0.6) is 0 Å². The second kappa shape index (κ2) is 10.1. The number of likely N-dealkylation sites (tertiary alicyclic amines) is 1. The smallest absolute Gasteiger partial charge is 0.266 e. The van der Waals surface area contributed by atoms with Crippen LogP contribution in [0.2, 0.25) is 0 Å². The number of benzene rings is 1. The van der Waals surface area contributed by atoms with Crippen molar-refractivity contribution in [3.05, 3.63) is 51.5 Å². The second-order valence-corrected chi connectivity index (χ2v) is 9.98. The first-order valence-electron chi connectivity index (χ1n) is 11.6. The standard InChI is InChI=1S/C25H35N3OS/c1-19-7-3-4-8-22(19)13-16-27-14-11-21(12-15-27)17-28(23-9-5-6-10-23)25(29)24-20(2)26-18-30-24/h3-4,7-8,18,21,23H,5-6,9-17H2,1-2H3. The molecule has 4 nitrogen and oxygen atoms in total. The lowest BCUT2D eigenvalue weighted by Crippen LogP contribution is -2.45. The second-order valence-electron chi connectivity index (χ2n) is 9.12. The zero-order valence-electron chi connectivity index (χ0n) is 18.5. The summed E-state index contributed by atoms with van der Waals surface area (Å²) in [4.78, 5) is 23.3. The molecule has 1 aliphatic carbocycles. The maximum absolute atomic E-state index is 13.3. The maximum atomic E-state index is 13.3. The summed E-state index contributed by atoms with van der Waals surface area (Å²) in [7, 11) is 0. The van der Waals surface area contributed by atoms with E-state index in [1.54, 1.807) is 0 Å². The van der Waals surface area contributed by atoms with Gasteiger partial charge in [0.05, 0.1) is 11.2 Å². The number of rotatable bonds is 7. The zero-order valence-corrected chi connectivity index (χ0v) is 19.3. The third-order valence-corrected chi connectivity index (χ3v) is 8.00. The molecule has 1 aliphatic heterocycles. The molecule has 1 saturated carbocycles. The van der Waals surface area contributed by atoms with Crippen LogP contribution in [0.3, 0.4) is 0 Å². The first-order chi connectivity index (χ1) is 14.6. The van der Waals surface area contributed by atoms with Crippen molar-refractivity contribution in [1.82, 2.24) is 14.8 Å². The summed E-state index contributed by atoms with van der Waals surface area (Å²) >= 11 is 1.50. The molecule has 0 spiro atoms. The molecule has 1 aromatic carbocycles. The number of thiazole rings is 1. The Bertz CT molecular complexity index is 834. The summed E-state index contributed by atoms with van der Waals surface area (Å²) in [6.45, 7) is 8.55. The van der Waals surface area contributed by atoms with E-state index in [-0.39, 0.29) is 5.91 Å². The number of piperidine rings is 1. The van der Waals surface area contributed by atoms with Crippen molar-refractivity contribution in [1.29, 1.82) is 0 Å². The minimum absolute atomic E-state index is 0.226. The number of hydrogen-bond donors (Lipinski definition) is 0. The number of nitrogens with zero attached hydrogens (tertiary/aromatic N) is 3. The van der Waals surface area contributed by atoms with Crippen LogP contribution in [0.25, 0.3) is 0 Å². The average molecular weight is 426 g/mol. The van der Waals surface area contributed by atoms with Crippen LogP contribution in [-0.4, -0.2) is 52.9 Å². The van der Waals surface area contributed by atoms with Crippen molar-refractivity contribution in [2.45, 2.75) is 64.8 Å². The molecule has 2 heterocycles. The van der Waals surface area contributed by atoms with Crippen LogP contribution in [-0.2, 0) is 6.42 Å². The lowest BCUT2D eigenvalue weighted by atomic mass is 9.94. The third-order valence-electron chi connectivity index (χ3n) is 7.09. The fourth-order valence-electron chi connectivity index (χ4n) is 5.09. The Kier molecular flexibility index (Phi) is 7.21. The normalized spacial score (nSPS) is 18.7. The molecule has 5 heteroatoms. The summed E-state index contributed by atoms with van der Waals surface area (Å²) in [6, 6.07) is 9.16. The molecule has 1 amide bonds. The van der Waals surface area contributed by atoms with Gasteiger partial charge in [-0.05, 0) is 76.1 Å². The van der Waals surface area contributed by atoms with Gasteiger partial charge < -0.3 is 9.80 Å². The summed E-state index contributed by atoms with van der Waals surface area (Å²) in [5.74, 6) is 0.848. The molecule has 0 bridgehead atoms. The maximum Gasteiger partial charge on any atom is 0.266 e. The van der Waals surface area contributed by atoms with E-state index in [1.165, 1.54) is 61.0 Å². The van der Waals surface area contributed by atoms with Crippen molar-refractivity contribution in [3.63, 3.8) is 0 Å². The Morgan fingerprint density at radius 3 is 2.53 bits per heavy atom. The highest BCUT2D eigenvalue weighted by Crippen LogP contribution is 2.29. The van der Waals surface area contributed by atoms with Gasteiger partial charge in [-0.3, -0.25) is 4.79 Å². The van der Waals surface area contributed by atoms with Gasteiger partial charge in [-0.2, -0.15) is 0 Å². The Morgan fingerprint density at radius 2 is 1.87 bits per heavy atom. The van der Waals surface area contributed by atoms with E-state index < -0.39 is 0 Å². The fourth-order valence-corrected chi connectivity index (χ4v) is 5.85. The van der Waals surface area contributed by atoms with Crippen LogP contribution in [0, 0.1) is 19.8 Å². The highest BCUT2D eigenvalue weighted by Gasteiger charge is 2.32. The molecular formula is C25H35N3OS. The molecule has 0 radical (unpaired) electrons. The molecule has 162 valence electrons. The molecule has 0 unspecified atom stereocenters. The predicted octanol–water partition coefficient (Wildman–Crippen LogP) is 5.10. The van der Waals surface area contributed by atoms with E-state index in [2.05, 4.69) is 46.0 Å². The van der Waals surface area contributed by atoms with Crippen molar-refractivity contribution < 1.29 is 4.79 Å². The molecule has 4 rings (SSSR count). The van der Waals surface area contributed by atoms with Gasteiger partial charge in [0.1, 0.15) is 4.88 Å². The largest absolute Gasteiger partial charge is 0.335 e. The Hall–Kier alpha value is -1.72. The molecule has 0 N–H and O–H groups in total. The Morgan fingerprint density at radius 1 is 1.13 bits per heavy atom. The van der Waals surface area contributed by atoms with Gasteiger partial charge in [0.15, 0.2) is 0 Å². The molecule has 2 fully saturated rings. The lowest BCUT2D eigenvalue weighted by Gasteiger charge is -2.37. The van der Waals surface area contributed by atoms with E-state index in [4.69, 9.17) is 0 Å². The first-order valence-corrected chi connectivity index (χ1v) is 12.5. The van der Waals surface area contributed by atoms with Crippen LogP contribution in [0.4, 0.5) is 0 Å². The Labute approximate surface area is 185 Å². The summed E-state index contributed by atoms with van der Waals surface area (Å²) in [5, 5.41) is 0. The zero-order chi connectivity index (χ0) is 20.9. The van der Waals surface area contributed by atoms with Crippen molar-refractivity contribution in [3.8, 4) is 0 Å². The van der Waals surface area contributed by atoms with Gasteiger partial charge in [-0.25, -0.2) is 4.98 Å². The minimum Gasteiger partial charge on any atom is -0.335 e. The minimum atomic E-state index is 0.226. The predicted molar refractivity (Wildman–Crippen MR) is 124 cm³/mol. The van der Waals surface area contributed by atoms with Gasteiger partial charge in [0, 0.05) is 19.1 Å².